The standard InChI is InChI=1S/C40H48N2O2/c1-35-13-25-14-36(2,19-35)22-39(17-25,21-35)29-11-28(33(43)31(42)12-29)8-6-5-7-27-9-10-30(41)34(44)32(27)40-18-26-15-37(3,23-40)20-38(4,16-26)24-40/h9-12,25-26,43-44H,13-24,41-42H2,1-4H3. The molecule has 0 heterocycles. The van der Waals surface area contributed by atoms with Crippen molar-refractivity contribution in [3.05, 3.63) is 46.5 Å². The van der Waals surface area contributed by atoms with Crippen LogP contribution >= 0.6 is 0 Å². The number of hydrogen-bond acceptors (Lipinski definition) is 4. The molecule has 4 nitrogen and oxygen atoms in total. The lowest BCUT2D eigenvalue weighted by atomic mass is 9.39. The van der Waals surface area contributed by atoms with Gasteiger partial charge in [0.1, 0.15) is 5.75 Å². The maximum atomic E-state index is 11.4. The highest BCUT2D eigenvalue weighted by molar-refractivity contribution is 5.67. The Bertz CT molecular complexity index is 1700. The molecule has 4 atom stereocenters. The molecule has 8 aliphatic carbocycles. The zero-order valence-electron chi connectivity index (χ0n) is 27.0. The van der Waals surface area contributed by atoms with Crippen molar-refractivity contribution >= 4 is 11.4 Å². The van der Waals surface area contributed by atoms with Crippen molar-refractivity contribution in [2.75, 3.05) is 11.5 Å². The van der Waals surface area contributed by atoms with Gasteiger partial charge < -0.3 is 21.7 Å². The molecule has 2 aromatic carbocycles. The van der Waals surface area contributed by atoms with Gasteiger partial charge >= 0.3 is 0 Å². The number of rotatable bonds is 2. The molecule has 8 bridgehead atoms. The summed E-state index contributed by atoms with van der Waals surface area (Å²) in [6.45, 7) is 9.86. The fraction of sp³-hybridized carbons (Fsp3) is 0.600. The summed E-state index contributed by atoms with van der Waals surface area (Å²) >= 11 is 0. The fourth-order valence-corrected chi connectivity index (χ4v) is 14.0. The molecular formula is C40H48N2O2. The van der Waals surface area contributed by atoms with Gasteiger partial charge in [0.15, 0.2) is 5.75 Å². The Kier molecular flexibility index (Phi) is 5.60. The van der Waals surface area contributed by atoms with Crippen LogP contribution in [0.15, 0.2) is 24.3 Å². The number of phenols is 2. The van der Waals surface area contributed by atoms with E-state index in [0.717, 1.165) is 36.3 Å². The van der Waals surface area contributed by atoms with Gasteiger partial charge in [-0.15, -0.1) is 0 Å². The number of benzene rings is 2. The molecule has 0 amide bonds. The molecule has 8 aliphatic rings. The van der Waals surface area contributed by atoms with Crippen molar-refractivity contribution in [3.8, 4) is 35.2 Å². The van der Waals surface area contributed by atoms with Crippen LogP contribution in [0.2, 0.25) is 0 Å². The average molecular weight is 589 g/mol. The van der Waals surface area contributed by atoms with Crippen molar-refractivity contribution in [2.45, 2.75) is 116 Å². The van der Waals surface area contributed by atoms with E-state index >= 15 is 0 Å². The third-order valence-corrected chi connectivity index (χ3v) is 13.2. The van der Waals surface area contributed by atoms with E-state index in [2.05, 4.69) is 57.4 Å². The third-order valence-electron chi connectivity index (χ3n) is 13.2. The van der Waals surface area contributed by atoms with Gasteiger partial charge in [0.05, 0.1) is 16.9 Å². The van der Waals surface area contributed by atoms with Crippen molar-refractivity contribution in [1.29, 1.82) is 0 Å². The van der Waals surface area contributed by atoms with Crippen LogP contribution in [0.5, 0.6) is 11.5 Å². The minimum atomic E-state index is -0.105. The minimum Gasteiger partial charge on any atom is -0.505 e. The second-order valence-corrected chi connectivity index (χ2v) is 18.2. The Morgan fingerprint density at radius 1 is 0.591 bits per heavy atom. The summed E-state index contributed by atoms with van der Waals surface area (Å²) in [4.78, 5) is 0. The number of aromatic hydroxyl groups is 2. The van der Waals surface area contributed by atoms with E-state index in [9.17, 15) is 10.2 Å². The summed E-state index contributed by atoms with van der Waals surface area (Å²) in [5.41, 5.74) is 18.5. The zero-order valence-corrected chi connectivity index (χ0v) is 27.0. The van der Waals surface area contributed by atoms with Gasteiger partial charge in [-0.1, -0.05) is 33.6 Å². The number of anilines is 2. The quantitative estimate of drug-likeness (QED) is 0.162. The highest BCUT2D eigenvalue weighted by Crippen LogP contribution is 2.72. The van der Waals surface area contributed by atoms with E-state index in [-0.39, 0.29) is 22.3 Å². The summed E-state index contributed by atoms with van der Waals surface area (Å²) in [7, 11) is 0. The van der Waals surface area contributed by atoms with E-state index in [1.54, 1.807) is 6.07 Å². The van der Waals surface area contributed by atoms with Crippen molar-refractivity contribution in [1.82, 2.24) is 0 Å². The molecule has 0 aromatic heterocycles. The molecule has 0 aliphatic heterocycles. The molecule has 6 N–H and O–H groups in total. The van der Waals surface area contributed by atoms with Crippen molar-refractivity contribution < 1.29 is 10.2 Å². The van der Waals surface area contributed by atoms with Crippen LogP contribution in [0.25, 0.3) is 0 Å². The van der Waals surface area contributed by atoms with E-state index < -0.39 is 0 Å². The van der Waals surface area contributed by atoms with Crippen molar-refractivity contribution in [2.24, 2.45) is 33.5 Å². The van der Waals surface area contributed by atoms with E-state index in [1.807, 2.05) is 12.1 Å². The molecule has 0 spiro atoms. The molecule has 8 fully saturated rings. The van der Waals surface area contributed by atoms with Crippen LogP contribution in [0.1, 0.15) is 127 Å². The van der Waals surface area contributed by atoms with Crippen LogP contribution in [-0.4, -0.2) is 10.2 Å². The molecule has 2 aromatic rings. The maximum absolute atomic E-state index is 11.4. The lowest BCUT2D eigenvalue weighted by molar-refractivity contribution is -0.110. The van der Waals surface area contributed by atoms with E-state index in [0.29, 0.717) is 44.5 Å². The van der Waals surface area contributed by atoms with Crippen LogP contribution in [0.3, 0.4) is 0 Å². The van der Waals surface area contributed by atoms with Crippen molar-refractivity contribution in [3.63, 3.8) is 0 Å². The number of nitrogens with two attached hydrogens (primary N) is 2. The second-order valence-electron chi connectivity index (χ2n) is 18.2. The van der Waals surface area contributed by atoms with Crippen LogP contribution in [-0.2, 0) is 10.8 Å². The smallest absolute Gasteiger partial charge is 0.154 e. The molecule has 8 saturated carbocycles. The Hall–Kier alpha value is -3.24. The van der Waals surface area contributed by atoms with Gasteiger partial charge in [0, 0.05) is 16.5 Å². The fourth-order valence-electron chi connectivity index (χ4n) is 14.0. The first-order valence-electron chi connectivity index (χ1n) is 16.9. The van der Waals surface area contributed by atoms with Crippen LogP contribution < -0.4 is 11.5 Å². The van der Waals surface area contributed by atoms with E-state index in [4.69, 9.17) is 11.5 Å². The molecule has 4 heteroatoms. The zero-order chi connectivity index (χ0) is 30.9. The first-order chi connectivity index (χ1) is 20.6. The highest BCUT2D eigenvalue weighted by atomic mass is 16.3. The summed E-state index contributed by atoms with van der Waals surface area (Å²) < 4.78 is 0. The molecular weight excluding hydrogens is 540 g/mol. The summed E-state index contributed by atoms with van der Waals surface area (Å²) in [5, 5.41) is 22.4. The monoisotopic (exact) mass is 588 g/mol. The Balaban J connectivity index is 1.15. The number of phenolic OH excluding ortho intramolecular Hbond substituents is 2. The normalized spacial score (nSPS) is 42.5. The van der Waals surface area contributed by atoms with Gasteiger partial charge in [-0.25, -0.2) is 0 Å². The number of nitrogen functional groups attached to an aromatic ring is 2. The topological polar surface area (TPSA) is 92.5 Å². The van der Waals surface area contributed by atoms with Gasteiger partial charge in [0.2, 0.25) is 0 Å². The second kappa shape index (κ2) is 8.72. The molecule has 0 radical (unpaired) electrons. The predicted octanol–water partition coefficient (Wildman–Crippen LogP) is 8.16. The molecule has 10 rings (SSSR count). The van der Waals surface area contributed by atoms with Crippen LogP contribution in [0, 0.1) is 57.2 Å². The van der Waals surface area contributed by atoms with Gasteiger partial charge in [0.25, 0.3) is 0 Å². The summed E-state index contributed by atoms with van der Waals surface area (Å²) in [6.07, 6.45) is 14.6. The van der Waals surface area contributed by atoms with Gasteiger partial charge in [-0.2, -0.15) is 0 Å². The van der Waals surface area contributed by atoms with Crippen LogP contribution in [0.4, 0.5) is 11.4 Å². The minimum absolute atomic E-state index is 0.0473. The first-order valence-corrected chi connectivity index (χ1v) is 16.9. The Morgan fingerprint density at radius 2 is 1.09 bits per heavy atom. The average Bonchev–Trinajstić information content (AvgIpc) is 2.86. The van der Waals surface area contributed by atoms with Gasteiger partial charge in [-0.05, 0) is 164 Å². The maximum Gasteiger partial charge on any atom is 0.154 e. The lowest BCUT2D eigenvalue weighted by Gasteiger charge is -2.65. The van der Waals surface area contributed by atoms with E-state index in [1.165, 1.54) is 63.4 Å². The largest absolute Gasteiger partial charge is 0.505 e. The Labute approximate surface area is 263 Å². The summed E-state index contributed by atoms with van der Waals surface area (Å²) in [5.74, 6) is 14.3. The van der Waals surface area contributed by atoms with Gasteiger partial charge in [-0.3, -0.25) is 0 Å². The SMILES string of the molecule is CC12CC3CC(C)(C1)CC(c1cc(N)c(O)c(C#CC#Cc4ccc(N)c(O)c4C45CC6CC(C)(CC(C)(C6)C4)C5)c1)(C3)C2. The lowest BCUT2D eigenvalue weighted by Crippen LogP contribution is -2.57. The Morgan fingerprint density at radius 3 is 1.64 bits per heavy atom. The summed E-state index contributed by atoms with van der Waals surface area (Å²) in [6, 6.07) is 7.84. The predicted molar refractivity (Wildman–Crippen MR) is 177 cm³/mol. The third kappa shape index (κ3) is 4.20. The first kappa shape index (κ1) is 28.2. The molecule has 230 valence electrons. The molecule has 44 heavy (non-hydrogen) atoms. The molecule has 0 saturated heterocycles. The highest BCUT2D eigenvalue weighted by Gasteiger charge is 2.62. The number of hydrogen-bond donors (Lipinski definition) is 4. The molecule has 4 unspecified atom stereocenters.